The van der Waals surface area contributed by atoms with Gasteiger partial charge in [-0.2, -0.15) is 0 Å². The first-order chi connectivity index (χ1) is 11.4. The molecule has 0 radical (unpaired) electrons. The van der Waals surface area contributed by atoms with Gasteiger partial charge >= 0.3 is 0 Å². The Morgan fingerprint density at radius 1 is 1.21 bits per heavy atom. The first-order valence-corrected chi connectivity index (χ1v) is 7.95. The molecule has 3 rings (SSSR count). The number of halogens is 2. The van der Waals surface area contributed by atoms with E-state index in [0.717, 1.165) is 10.9 Å². The van der Waals surface area contributed by atoms with Crippen LogP contribution in [-0.4, -0.2) is 10.9 Å². The number of hydrogen-bond acceptors (Lipinski definition) is 2. The van der Waals surface area contributed by atoms with Crippen LogP contribution in [0.1, 0.15) is 34.6 Å². The lowest BCUT2D eigenvalue weighted by Gasteiger charge is -2.16. The molecule has 1 N–H and O–H groups in total. The Kier molecular flexibility index (Phi) is 4.49. The number of aryl methyl sites for hydroxylation is 1. The predicted molar refractivity (Wildman–Crippen MR) is 93.8 cm³/mol. The first-order valence-electron chi connectivity index (χ1n) is 7.57. The van der Waals surface area contributed by atoms with E-state index in [2.05, 4.69) is 10.3 Å². The predicted octanol–water partition coefficient (Wildman–Crippen LogP) is 4.83. The molecule has 3 nitrogen and oxygen atoms in total. The van der Waals surface area contributed by atoms with Crippen molar-refractivity contribution in [1.29, 1.82) is 0 Å². The third-order valence-electron chi connectivity index (χ3n) is 3.91. The van der Waals surface area contributed by atoms with Crippen molar-refractivity contribution < 1.29 is 9.18 Å². The molecule has 122 valence electrons. The van der Waals surface area contributed by atoms with E-state index >= 15 is 0 Å². The average molecular weight is 343 g/mol. The number of carbonyl (C=O) groups excluding carboxylic acids is 1. The van der Waals surface area contributed by atoms with Crippen LogP contribution in [0.15, 0.2) is 48.5 Å². The zero-order chi connectivity index (χ0) is 17.3. The molecule has 5 heteroatoms. The summed E-state index contributed by atoms with van der Waals surface area (Å²) in [4.78, 5) is 16.9. The maximum absolute atomic E-state index is 13.3. The highest BCUT2D eigenvalue weighted by Gasteiger charge is 2.15. The van der Waals surface area contributed by atoms with Crippen molar-refractivity contribution in [3.05, 3.63) is 76.2 Å². The maximum Gasteiger partial charge on any atom is 0.253 e. The molecule has 1 amide bonds. The van der Waals surface area contributed by atoms with Crippen LogP contribution in [0, 0.1) is 12.7 Å². The summed E-state index contributed by atoms with van der Waals surface area (Å²) in [6.45, 7) is 3.63. The Hall–Kier alpha value is -2.46. The molecule has 0 aliphatic carbocycles. The molecule has 1 unspecified atom stereocenters. The van der Waals surface area contributed by atoms with Crippen LogP contribution in [0.4, 0.5) is 4.39 Å². The fourth-order valence-corrected chi connectivity index (χ4v) is 2.80. The Morgan fingerprint density at radius 2 is 2.00 bits per heavy atom. The molecule has 3 aromatic rings. The molecule has 0 aliphatic rings. The van der Waals surface area contributed by atoms with Gasteiger partial charge in [-0.15, -0.1) is 0 Å². The second-order valence-electron chi connectivity index (χ2n) is 5.71. The van der Waals surface area contributed by atoms with Gasteiger partial charge in [0.05, 0.1) is 22.8 Å². The van der Waals surface area contributed by atoms with Crippen molar-refractivity contribution in [1.82, 2.24) is 10.3 Å². The summed E-state index contributed by atoms with van der Waals surface area (Å²) >= 11 is 5.99. The van der Waals surface area contributed by atoms with E-state index in [9.17, 15) is 9.18 Å². The Morgan fingerprint density at radius 3 is 2.75 bits per heavy atom. The number of pyridine rings is 1. The first kappa shape index (κ1) is 16.4. The molecule has 0 saturated heterocycles. The molecule has 0 saturated carbocycles. The molecule has 0 fully saturated rings. The molecule has 2 aromatic carbocycles. The van der Waals surface area contributed by atoms with Crippen LogP contribution >= 0.6 is 11.6 Å². The monoisotopic (exact) mass is 342 g/mol. The molecule has 0 bridgehead atoms. The van der Waals surface area contributed by atoms with Crippen LogP contribution in [0.25, 0.3) is 10.9 Å². The average Bonchev–Trinajstić information content (AvgIpc) is 2.53. The van der Waals surface area contributed by atoms with E-state index in [-0.39, 0.29) is 17.8 Å². The maximum atomic E-state index is 13.3. The van der Waals surface area contributed by atoms with Crippen LogP contribution in [0.5, 0.6) is 0 Å². The highest BCUT2D eigenvalue weighted by Crippen LogP contribution is 2.20. The van der Waals surface area contributed by atoms with Crippen molar-refractivity contribution in [3.8, 4) is 0 Å². The van der Waals surface area contributed by atoms with Crippen molar-refractivity contribution in [2.45, 2.75) is 19.9 Å². The van der Waals surface area contributed by atoms with E-state index in [1.807, 2.05) is 25.1 Å². The van der Waals surface area contributed by atoms with Crippen LogP contribution < -0.4 is 5.32 Å². The highest BCUT2D eigenvalue weighted by molar-refractivity contribution is 6.30. The van der Waals surface area contributed by atoms with Crippen molar-refractivity contribution in [2.75, 3.05) is 0 Å². The van der Waals surface area contributed by atoms with Crippen molar-refractivity contribution >= 4 is 28.4 Å². The minimum absolute atomic E-state index is 0.195. The van der Waals surface area contributed by atoms with Gasteiger partial charge in [0, 0.05) is 16.5 Å². The van der Waals surface area contributed by atoms with E-state index in [4.69, 9.17) is 11.6 Å². The van der Waals surface area contributed by atoms with Crippen LogP contribution in [0.2, 0.25) is 5.02 Å². The zero-order valence-electron chi connectivity index (χ0n) is 13.3. The molecule has 0 spiro atoms. The largest absolute Gasteiger partial charge is 0.345 e. The van der Waals surface area contributed by atoms with Crippen molar-refractivity contribution in [3.63, 3.8) is 0 Å². The van der Waals surface area contributed by atoms with E-state index in [1.54, 1.807) is 25.1 Å². The van der Waals surface area contributed by atoms with E-state index in [1.165, 1.54) is 12.1 Å². The molecular weight excluding hydrogens is 327 g/mol. The quantitative estimate of drug-likeness (QED) is 0.741. The van der Waals surface area contributed by atoms with Gasteiger partial charge in [0.1, 0.15) is 5.82 Å². The molecule has 1 heterocycles. The van der Waals surface area contributed by atoms with Gasteiger partial charge in [-0.05, 0) is 49.7 Å². The second kappa shape index (κ2) is 6.57. The van der Waals surface area contributed by atoms with E-state index < -0.39 is 0 Å². The van der Waals surface area contributed by atoms with Crippen molar-refractivity contribution in [2.24, 2.45) is 0 Å². The Balaban J connectivity index is 1.88. The third-order valence-corrected chi connectivity index (χ3v) is 4.15. The lowest BCUT2D eigenvalue weighted by atomic mass is 10.1. The van der Waals surface area contributed by atoms with Gasteiger partial charge in [0.15, 0.2) is 0 Å². The number of nitrogens with zero attached hydrogens (tertiary/aromatic N) is 1. The topological polar surface area (TPSA) is 42.0 Å². The third kappa shape index (κ3) is 3.39. The van der Waals surface area contributed by atoms with Gasteiger partial charge in [-0.1, -0.05) is 23.7 Å². The smallest absolute Gasteiger partial charge is 0.253 e. The second-order valence-corrected chi connectivity index (χ2v) is 6.14. The van der Waals surface area contributed by atoms with Gasteiger partial charge in [0.2, 0.25) is 0 Å². The number of rotatable bonds is 3. The number of aromatic nitrogens is 1. The summed E-state index contributed by atoms with van der Waals surface area (Å²) in [5.41, 5.74) is 2.49. The summed E-state index contributed by atoms with van der Waals surface area (Å²) < 4.78 is 13.3. The Bertz CT molecular complexity index is 926. The van der Waals surface area contributed by atoms with Crippen LogP contribution in [-0.2, 0) is 0 Å². The van der Waals surface area contributed by atoms with Gasteiger partial charge in [-0.3, -0.25) is 9.78 Å². The SMILES string of the molecule is Cc1nc2cc(F)ccc2cc1C(=O)NC(C)c1cccc(Cl)c1. The molecule has 1 atom stereocenters. The number of nitrogens with one attached hydrogen (secondary N) is 1. The van der Waals surface area contributed by atoms with Gasteiger partial charge < -0.3 is 5.32 Å². The summed E-state index contributed by atoms with van der Waals surface area (Å²) in [5, 5.41) is 4.29. The van der Waals surface area contributed by atoms with Gasteiger partial charge in [0.25, 0.3) is 5.91 Å². The van der Waals surface area contributed by atoms with Crippen LogP contribution in [0.3, 0.4) is 0 Å². The minimum Gasteiger partial charge on any atom is -0.345 e. The normalized spacial score (nSPS) is 12.2. The van der Waals surface area contributed by atoms with E-state index in [0.29, 0.717) is 21.8 Å². The summed E-state index contributed by atoms with van der Waals surface area (Å²) in [7, 11) is 0. The number of fused-ring (bicyclic) bond motifs is 1. The number of amides is 1. The minimum atomic E-state index is -0.346. The number of benzene rings is 2. The number of carbonyl (C=O) groups is 1. The lowest BCUT2D eigenvalue weighted by molar-refractivity contribution is 0.0939. The fourth-order valence-electron chi connectivity index (χ4n) is 2.60. The highest BCUT2D eigenvalue weighted by atomic mass is 35.5. The summed E-state index contributed by atoms with van der Waals surface area (Å²) in [5.74, 6) is -0.570. The lowest BCUT2D eigenvalue weighted by Crippen LogP contribution is -2.27. The molecular formula is C19H16ClFN2O. The zero-order valence-corrected chi connectivity index (χ0v) is 14.1. The molecule has 1 aromatic heterocycles. The standard InChI is InChI=1S/C19H16ClFN2O/c1-11(13-4-3-5-15(20)8-13)23-19(24)17-9-14-6-7-16(21)10-18(14)22-12(17)2/h3-11H,1-2H3,(H,23,24). The number of hydrogen-bond donors (Lipinski definition) is 1. The summed E-state index contributed by atoms with van der Waals surface area (Å²) in [6.07, 6.45) is 0. The molecule has 0 aliphatic heterocycles. The van der Waals surface area contributed by atoms with Gasteiger partial charge in [-0.25, -0.2) is 4.39 Å². The molecule has 24 heavy (non-hydrogen) atoms. The fraction of sp³-hybridized carbons (Fsp3) is 0.158. The Labute approximate surface area is 144 Å². The summed E-state index contributed by atoms with van der Waals surface area (Å²) in [6, 6.07) is 13.2.